The molecule has 0 saturated heterocycles. The number of aromatic nitrogens is 1. The molecule has 0 atom stereocenters. The van der Waals surface area contributed by atoms with Gasteiger partial charge in [-0.25, -0.2) is 17.8 Å². The second kappa shape index (κ2) is 6.19. The number of hydrogen-bond acceptors (Lipinski definition) is 4. The van der Waals surface area contributed by atoms with Gasteiger partial charge in [-0.1, -0.05) is 12.1 Å². The maximum atomic E-state index is 13.2. The van der Waals surface area contributed by atoms with Gasteiger partial charge in [0.25, 0.3) is 0 Å². The average molecular weight is 309 g/mol. The van der Waals surface area contributed by atoms with E-state index in [1.165, 1.54) is 35.7 Å². The number of hydrogen-bond donors (Lipinski definition) is 1. The van der Waals surface area contributed by atoms with Gasteiger partial charge in [-0.15, -0.1) is 0 Å². The van der Waals surface area contributed by atoms with Gasteiger partial charge >= 0.3 is 0 Å². The van der Waals surface area contributed by atoms with Crippen LogP contribution < -0.4 is 5.32 Å². The van der Waals surface area contributed by atoms with Crippen molar-refractivity contribution < 1.29 is 12.8 Å². The van der Waals surface area contributed by atoms with Crippen molar-refractivity contribution >= 4 is 15.8 Å². The summed E-state index contributed by atoms with van der Waals surface area (Å²) in [7, 11) is -0.651. The first-order valence-electron chi connectivity index (χ1n) is 6.28. The van der Waals surface area contributed by atoms with Crippen molar-refractivity contribution in [3.05, 3.63) is 54.0 Å². The number of halogens is 1. The van der Waals surface area contributed by atoms with Crippen LogP contribution >= 0.6 is 0 Å². The lowest BCUT2D eigenvalue weighted by Crippen LogP contribution is -2.27. The molecule has 0 spiro atoms. The number of pyridine rings is 1. The first-order chi connectivity index (χ1) is 9.95. The molecule has 0 unspecified atom stereocenters. The molecule has 1 aromatic heterocycles. The van der Waals surface area contributed by atoms with Crippen molar-refractivity contribution in [2.45, 2.75) is 11.4 Å². The first kappa shape index (κ1) is 15.4. The fourth-order valence-corrected chi connectivity index (χ4v) is 3.24. The van der Waals surface area contributed by atoms with Gasteiger partial charge in [0.2, 0.25) is 10.0 Å². The van der Waals surface area contributed by atoms with E-state index < -0.39 is 15.8 Å². The van der Waals surface area contributed by atoms with Crippen LogP contribution in [0.5, 0.6) is 0 Å². The molecule has 112 valence electrons. The van der Waals surface area contributed by atoms with Crippen molar-refractivity contribution in [2.75, 3.05) is 19.4 Å². The van der Waals surface area contributed by atoms with Crippen molar-refractivity contribution in [3.63, 3.8) is 0 Å². The van der Waals surface area contributed by atoms with E-state index >= 15 is 0 Å². The van der Waals surface area contributed by atoms with Gasteiger partial charge in [0.05, 0.1) is 0 Å². The van der Waals surface area contributed by atoms with E-state index in [-0.39, 0.29) is 17.3 Å². The van der Waals surface area contributed by atoms with E-state index in [9.17, 15) is 12.8 Å². The molecular formula is C14H16FN3O2S. The van der Waals surface area contributed by atoms with Crippen molar-refractivity contribution in [3.8, 4) is 0 Å². The summed E-state index contributed by atoms with van der Waals surface area (Å²) in [4.78, 5) is 4.08. The number of benzene rings is 1. The van der Waals surface area contributed by atoms with E-state index in [2.05, 4.69) is 10.3 Å². The average Bonchev–Trinajstić information content (AvgIpc) is 2.47. The Morgan fingerprint density at radius 2 is 2.05 bits per heavy atom. The third kappa shape index (κ3) is 3.37. The van der Waals surface area contributed by atoms with E-state index in [0.717, 1.165) is 0 Å². The van der Waals surface area contributed by atoms with Gasteiger partial charge in [-0.05, 0) is 29.8 Å². The van der Waals surface area contributed by atoms with Crippen molar-refractivity contribution in [2.24, 2.45) is 0 Å². The molecule has 0 amide bonds. The van der Waals surface area contributed by atoms with Crippen LogP contribution in [0.1, 0.15) is 5.56 Å². The maximum Gasteiger partial charge on any atom is 0.246 e. The standard InChI is InChI=1S/C14H16FN3O2S/c1-16-14-13(7-4-8-17-14)21(19,20)18(2)10-11-5-3-6-12(15)9-11/h3-9H,10H2,1-2H3,(H,16,17). The highest BCUT2D eigenvalue weighted by Crippen LogP contribution is 2.22. The van der Waals surface area contributed by atoms with Gasteiger partial charge in [-0.2, -0.15) is 4.31 Å². The topological polar surface area (TPSA) is 62.3 Å². The van der Waals surface area contributed by atoms with Crippen LogP contribution in [0.2, 0.25) is 0 Å². The molecule has 1 heterocycles. The van der Waals surface area contributed by atoms with Crippen LogP contribution in [0.25, 0.3) is 0 Å². The predicted octanol–water partition coefficient (Wildman–Crippen LogP) is 2.08. The van der Waals surface area contributed by atoms with E-state index in [1.807, 2.05) is 0 Å². The number of nitrogens with zero attached hydrogens (tertiary/aromatic N) is 2. The second-order valence-corrected chi connectivity index (χ2v) is 6.50. The quantitative estimate of drug-likeness (QED) is 0.918. The Kier molecular flexibility index (Phi) is 4.54. The minimum absolute atomic E-state index is 0.0815. The highest BCUT2D eigenvalue weighted by Gasteiger charge is 2.24. The monoisotopic (exact) mass is 309 g/mol. The third-order valence-electron chi connectivity index (χ3n) is 2.99. The Bertz CT molecular complexity index is 735. The SMILES string of the molecule is CNc1ncccc1S(=O)(=O)N(C)Cc1cccc(F)c1. The number of anilines is 1. The summed E-state index contributed by atoms with van der Waals surface area (Å²) in [5.41, 5.74) is 0.580. The van der Waals surface area contributed by atoms with E-state index in [0.29, 0.717) is 5.56 Å². The fraction of sp³-hybridized carbons (Fsp3) is 0.214. The van der Waals surface area contributed by atoms with Crippen LogP contribution in [0.3, 0.4) is 0 Å². The normalized spacial score (nSPS) is 11.6. The molecule has 7 heteroatoms. The smallest absolute Gasteiger partial charge is 0.246 e. The zero-order chi connectivity index (χ0) is 15.5. The van der Waals surface area contributed by atoms with Gasteiger partial charge < -0.3 is 5.32 Å². The summed E-state index contributed by atoms with van der Waals surface area (Å²) in [5, 5.41) is 2.75. The maximum absolute atomic E-state index is 13.2. The molecular weight excluding hydrogens is 293 g/mol. The Labute approximate surface area is 123 Å². The van der Waals surface area contributed by atoms with Crippen molar-refractivity contribution in [1.29, 1.82) is 0 Å². The first-order valence-corrected chi connectivity index (χ1v) is 7.72. The predicted molar refractivity (Wildman–Crippen MR) is 78.8 cm³/mol. The molecule has 2 aromatic rings. The molecule has 0 bridgehead atoms. The summed E-state index contributed by atoms with van der Waals surface area (Å²) in [6, 6.07) is 8.90. The zero-order valence-electron chi connectivity index (χ0n) is 11.7. The number of sulfonamides is 1. The summed E-state index contributed by atoms with van der Waals surface area (Å²) >= 11 is 0. The molecule has 1 N–H and O–H groups in total. The van der Waals surface area contributed by atoms with E-state index in [4.69, 9.17) is 0 Å². The Morgan fingerprint density at radius 3 is 2.71 bits per heavy atom. The van der Waals surface area contributed by atoms with Gasteiger partial charge in [0, 0.05) is 26.8 Å². The molecule has 0 saturated carbocycles. The zero-order valence-corrected chi connectivity index (χ0v) is 12.6. The van der Waals surface area contributed by atoms with Crippen LogP contribution in [-0.2, 0) is 16.6 Å². The highest BCUT2D eigenvalue weighted by atomic mass is 32.2. The number of nitrogens with one attached hydrogen (secondary N) is 1. The molecule has 5 nitrogen and oxygen atoms in total. The van der Waals surface area contributed by atoms with Crippen LogP contribution in [0, 0.1) is 5.82 Å². The Hall–Kier alpha value is -1.99. The molecule has 1 aromatic carbocycles. The fourth-order valence-electron chi connectivity index (χ4n) is 1.93. The number of rotatable bonds is 5. The summed E-state index contributed by atoms with van der Waals surface area (Å²) in [5.74, 6) is -0.112. The van der Waals surface area contributed by atoms with Gasteiger partial charge in [0.15, 0.2) is 0 Å². The molecule has 0 fully saturated rings. The molecule has 0 aliphatic heterocycles. The Balaban J connectivity index is 2.31. The lowest BCUT2D eigenvalue weighted by atomic mass is 10.2. The molecule has 0 aliphatic rings. The summed E-state index contributed by atoms with van der Waals surface area (Å²) < 4.78 is 39.4. The molecule has 0 aliphatic carbocycles. The third-order valence-corrected chi connectivity index (χ3v) is 4.82. The van der Waals surface area contributed by atoms with Gasteiger partial charge in [0.1, 0.15) is 16.5 Å². The van der Waals surface area contributed by atoms with Crippen LogP contribution in [-0.4, -0.2) is 31.8 Å². The lowest BCUT2D eigenvalue weighted by molar-refractivity contribution is 0.465. The van der Waals surface area contributed by atoms with Gasteiger partial charge in [-0.3, -0.25) is 0 Å². The minimum Gasteiger partial charge on any atom is -0.372 e. The van der Waals surface area contributed by atoms with Crippen LogP contribution in [0.4, 0.5) is 10.2 Å². The summed E-state index contributed by atoms with van der Waals surface area (Å²) in [6.07, 6.45) is 1.51. The van der Waals surface area contributed by atoms with Crippen molar-refractivity contribution in [1.82, 2.24) is 9.29 Å². The molecule has 21 heavy (non-hydrogen) atoms. The highest BCUT2D eigenvalue weighted by molar-refractivity contribution is 7.89. The molecule has 2 rings (SSSR count). The minimum atomic E-state index is -3.71. The second-order valence-electron chi connectivity index (χ2n) is 4.49. The van der Waals surface area contributed by atoms with Crippen LogP contribution in [0.15, 0.2) is 47.5 Å². The van der Waals surface area contributed by atoms with E-state index in [1.54, 1.807) is 25.2 Å². The lowest BCUT2D eigenvalue weighted by Gasteiger charge is -2.18. The molecule has 0 radical (unpaired) electrons. The summed E-state index contributed by atoms with van der Waals surface area (Å²) in [6.45, 7) is 0.0815. The Morgan fingerprint density at radius 1 is 1.29 bits per heavy atom. The largest absolute Gasteiger partial charge is 0.372 e.